The van der Waals surface area contributed by atoms with Crippen LogP contribution in [0, 0.1) is 23.7 Å². The molecule has 1 aliphatic carbocycles. The van der Waals surface area contributed by atoms with Crippen molar-refractivity contribution in [3.8, 4) is 0 Å². The largest absolute Gasteiger partial charge is 0.432 e. The second-order valence-electron chi connectivity index (χ2n) is 10.3. The molecule has 0 radical (unpaired) electrons. The minimum atomic E-state index is -3.20. The molecule has 176 valence electrons. The van der Waals surface area contributed by atoms with Gasteiger partial charge in [0.15, 0.2) is 15.4 Å². The van der Waals surface area contributed by atoms with Crippen molar-refractivity contribution in [1.82, 2.24) is 0 Å². The van der Waals surface area contributed by atoms with Gasteiger partial charge < -0.3 is 9.47 Å². The Morgan fingerprint density at radius 3 is 2.53 bits per heavy atom. The molecule has 4 heterocycles. The molecule has 0 unspecified atom stereocenters. The van der Waals surface area contributed by atoms with E-state index in [1.165, 1.54) is 6.26 Å². The Morgan fingerprint density at radius 1 is 1.06 bits per heavy atom. The van der Waals surface area contributed by atoms with Gasteiger partial charge in [-0.3, -0.25) is 4.79 Å². The Kier molecular flexibility index (Phi) is 5.43. The number of hydrogen-bond acceptors (Lipinski definition) is 7. The van der Waals surface area contributed by atoms with Crippen molar-refractivity contribution in [1.29, 1.82) is 0 Å². The molecule has 5 fully saturated rings. The molecule has 0 amide bonds. The van der Waals surface area contributed by atoms with Crippen LogP contribution in [-0.2, 0) is 40.3 Å². The topological polar surface area (TPSA) is 88.1 Å². The normalized spacial score (nSPS) is 41.0. The van der Waals surface area contributed by atoms with E-state index in [-0.39, 0.29) is 23.7 Å². The van der Waals surface area contributed by atoms with Crippen LogP contribution in [0.5, 0.6) is 0 Å². The molecule has 1 spiro atoms. The fourth-order valence-electron chi connectivity index (χ4n) is 6.37. The summed E-state index contributed by atoms with van der Waals surface area (Å²) in [5, 5.41) is 0. The summed E-state index contributed by atoms with van der Waals surface area (Å²) in [4.78, 5) is 25.3. The molecule has 0 N–H and O–H groups in total. The summed E-state index contributed by atoms with van der Waals surface area (Å²) in [6, 6.07) is 6.98. The molecule has 5 aliphatic rings. The monoisotopic (exact) mass is 464 g/mol. The first-order chi connectivity index (χ1) is 15.1. The molecule has 1 aromatic carbocycles. The Balaban J connectivity index is 1.33. The highest BCUT2D eigenvalue weighted by Gasteiger charge is 2.70. The number of carbonyl (C=O) groups is 1. The fourth-order valence-corrected chi connectivity index (χ4v) is 7.00. The number of hydrogen-bond donors (Lipinski definition) is 0. The second-order valence-corrected chi connectivity index (χ2v) is 12.3. The summed E-state index contributed by atoms with van der Waals surface area (Å²) in [7, 11) is -3.20. The highest BCUT2D eigenvalue weighted by molar-refractivity contribution is 7.90. The zero-order valence-corrected chi connectivity index (χ0v) is 19.7. The van der Waals surface area contributed by atoms with Gasteiger partial charge in [-0.15, -0.1) is 0 Å². The van der Waals surface area contributed by atoms with Crippen LogP contribution in [0.25, 0.3) is 0 Å². The van der Waals surface area contributed by atoms with E-state index < -0.39 is 27.5 Å². The Hall–Kier alpha value is -1.48. The average Bonchev–Trinajstić information content (AvgIpc) is 2.96. The van der Waals surface area contributed by atoms with E-state index in [0.717, 1.165) is 44.1 Å². The molecule has 4 saturated heterocycles. The van der Waals surface area contributed by atoms with Crippen LogP contribution in [0.3, 0.4) is 0 Å². The maximum Gasteiger partial charge on any atom is 0.311 e. The molecule has 7 nitrogen and oxygen atoms in total. The number of ether oxygens (including phenoxy) is 2. The third-order valence-electron chi connectivity index (χ3n) is 8.12. The first-order valence-corrected chi connectivity index (χ1v) is 13.6. The maximum absolute atomic E-state index is 13.1. The lowest BCUT2D eigenvalue weighted by Crippen LogP contribution is -2.70. The van der Waals surface area contributed by atoms with E-state index in [4.69, 9.17) is 19.2 Å². The van der Waals surface area contributed by atoms with Crippen molar-refractivity contribution >= 4 is 15.8 Å². The van der Waals surface area contributed by atoms with E-state index in [9.17, 15) is 13.2 Å². The van der Waals surface area contributed by atoms with E-state index in [2.05, 4.69) is 6.92 Å². The zero-order chi connectivity index (χ0) is 22.7. The molecule has 1 saturated carbocycles. The van der Waals surface area contributed by atoms with Crippen molar-refractivity contribution in [3.05, 3.63) is 29.8 Å². The number of rotatable bonds is 5. The van der Waals surface area contributed by atoms with Gasteiger partial charge in [0.05, 0.1) is 10.8 Å². The summed E-state index contributed by atoms with van der Waals surface area (Å²) in [5.41, 5.74) is 0.321. The lowest BCUT2D eigenvalue weighted by molar-refractivity contribution is -0.559. The summed E-state index contributed by atoms with van der Waals surface area (Å²) in [6.07, 6.45) is 6.35. The molecule has 4 aliphatic heterocycles. The smallest absolute Gasteiger partial charge is 0.311 e. The van der Waals surface area contributed by atoms with E-state index in [1.807, 2.05) is 19.1 Å². The molecule has 1 aromatic rings. The van der Waals surface area contributed by atoms with Gasteiger partial charge in [0.1, 0.15) is 0 Å². The Bertz CT molecular complexity index is 990. The third kappa shape index (κ3) is 3.59. The van der Waals surface area contributed by atoms with Crippen LogP contribution in [0.1, 0.15) is 57.9 Å². The second kappa shape index (κ2) is 7.79. The lowest BCUT2D eigenvalue weighted by Gasteiger charge is -2.58. The predicted molar refractivity (Wildman–Crippen MR) is 115 cm³/mol. The van der Waals surface area contributed by atoms with Gasteiger partial charge >= 0.3 is 5.97 Å². The average molecular weight is 465 g/mol. The van der Waals surface area contributed by atoms with E-state index >= 15 is 0 Å². The van der Waals surface area contributed by atoms with Gasteiger partial charge in [-0.05, 0) is 69.1 Å². The number of esters is 1. The molecule has 8 heteroatoms. The van der Waals surface area contributed by atoms with Gasteiger partial charge in [-0.25, -0.2) is 18.2 Å². The quantitative estimate of drug-likeness (QED) is 0.484. The summed E-state index contributed by atoms with van der Waals surface area (Å²) in [6.45, 7) is 4.11. The molecule has 0 aromatic heterocycles. The van der Waals surface area contributed by atoms with Crippen LogP contribution in [0.2, 0.25) is 0 Å². The molecular formula is C24H32O7S. The highest BCUT2D eigenvalue weighted by Crippen LogP contribution is 2.60. The number of aryl methyl sites for hydroxylation is 1. The number of fused-ring (bicyclic) bond motifs is 2. The van der Waals surface area contributed by atoms with Crippen molar-refractivity contribution < 1.29 is 32.5 Å². The Labute approximate surface area is 189 Å². The summed E-state index contributed by atoms with van der Waals surface area (Å²) < 4.78 is 35.4. The van der Waals surface area contributed by atoms with Crippen molar-refractivity contribution in [2.75, 3.05) is 6.26 Å². The van der Waals surface area contributed by atoms with Crippen LogP contribution in [-0.4, -0.2) is 38.3 Å². The van der Waals surface area contributed by atoms with Crippen molar-refractivity contribution in [3.63, 3.8) is 0 Å². The molecule has 7 atom stereocenters. The van der Waals surface area contributed by atoms with E-state index in [0.29, 0.717) is 17.2 Å². The Morgan fingerprint density at radius 2 is 1.81 bits per heavy atom. The minimum absolute atomic E-state index is 0.00482. The van der Waals surface area contributed by atoms with Gasteiger partial charge in [0, 0.05) is 24.5 Å². The lowest BCUT2D eigenvalue weighted by atomic mass is 9.57. The number of carbonyl (C=O) groups excluding carboxylic acids is 1. The van der Waals surface area contributed by atoms with Crippen LogP contribution < -0.4 is 0 Å². The van der Waals surface area contributed by atoms with Crippen LogP contribution in [0.15, 0.2) is 29.2 Å². The predicted octanol–water partition coefficient (Wildman–Crippen LogP) is 3.80. The SMILES string of the molecule is C[C@@H]1CC[C@H]2[C@@H](CCCc3ccc(S(C)(=O)=O)cc3)C(=O)O[C@@H]3O[C@@]4(C)CC[C@@H]1[C@]32OO4. The first-order valence-electron chi connectivity index (χ1n) is 11.7. The molecular weight excluding hydrogens is 432 g/mol. The maximum atomic E-state index is 13.1. The summed E-state index contributed by atoms with van der Waals surface area (Å²) >= 11 is 0. The standard InChI is InChI=1S/C24H32O7S/c1-15-7-12-20-18(6-4-5-16-8-10-17(11-9-16)32(3,26)27)21(25)28-22-24(20)19(15)13-14-23(2,29-22)30-31-24/h8-11,15,18-20,22H,4-7,12-14H2,1-3H3/t15-,18-,19+,20+,22-,23-,24-/m1/s1. The van der Waals surface area contributed by atoms with Gasteiger partial charge in [0.2, 0.25) is 12.1 Å². The highest BCUT2D eigenvalue weighted by atomic mass is 32.2. The molecule has 6 rings (SSSR count). The summed E-state index contributed by atoms with van der Waals surface area (Å²) in [5.74, 6) is -0.646. The third-order valence-corrected chi connectivity index (χ3v) is 9.25. The molecule has 2 bridgehead atoms. The van der Waals surface area contributed by atoms with Crippen LogP contribution in [0.4, 0.5) is 0 Å². The van der Waals surface area contributed by atoms with Gasteiger partial charge in [-0.2, -0.15) is 0 Å². The number of benzene rings is 1. The minimum Gasteiger partial charge on any atom is -0.432 e. The number of sulfone groups is 1. The van der Waals surface area contributed by atoms with Gasteiger partial charge in [0.25, 0.3) is 0 Å². The van der Waals surface area contributed by atoms with Crippen molar-refractivity contribution in [2.24, 2.45) is 23.7 Å². The molecule has 32 heavy (non-hydrogen) atoms. The van der Waals surface area contributed by atoms with Gasteiger partial charge in [-0.1, -0.05) is 19.1 Å². The van der Waals surface area contributed by atoms with Crippen LogP contribution >= 0.6 is 0 Å². The van der Waals surface area contributed by atoms with E-state index in [1.54, 1.807) is 12.1 Å². The zero-order valence-electron chi connectivity index (χ0n) is 18.9. The first kappa shape index (κ1) is 22.3. The van der Waals surface area contributed by atoms with Crippen molar-refractivity contribution in [2.45, 2.75) is 81.4 Å². The fraction of sp³-hybridized carbons (Fsp3) is 0.708.